The lowest BCUT2D eigenvalue weighted by atomic mass is 9.96. The van der Waals surface area contributed by atoms with Crippen molar-refractivity contribution in [1.82, 2.24) is 20.1 Å². The van der Waals surface area contributed by atoms with E-state index >= 15 is 0 Å². The maximum Gasteiger partial charge on any atom is 0.230 e. The highest BCUT2D eigenvalue weighted by Gasteiger charge is 2.20. The smallest absolute Gasteiger partial charge is 0.230 e. The molecule has 7 nitrogen and oxygen atoms in total. The zero-order valence-corrected chi connectivity index (χ0v) is 18.2. The highest BCUT2D eigenvalue weighted by atomic mass is 32.2. The van der Waals surface area contributed by atoms with Gasteiger partial charge >= 0.3 is 0 Å². The molecule has 1 unspecified atom stereocenters. The largest absolute Gasteiger partial charge is 0.497 e. The Labute approximate surface area is 180 Å². The molecule has 0 fully saturated rings. The Bertz CT molecular complexity index is 965. The molecule has 1 atom stereocenters. The molecule has 2 heterocycles. The SMILES string of the molecule is C=CCn1c(SCC(=O)NC(c2ccc(OC)cc2)C(C)C)nnc1-c1ccco1. The number of thioether (sulfide) groups is 1. The summed E-state index contributed by atoms with van der Waals surface area (Å²) in [6, 6.07) is 11.3. The molecule has 3 rings (SSSR count). The summed E-state index contributed by atoms with van der Waals surface area (Å²) >= 11 is 1.34. The van der Waals surface area contributed by atoms with Gasteiger partial charge < -0.3 is 14.5 Å². The van der Waals surface area contributed by atoms with Crippen LogP contribution in [0.1, 0.15) is 25.5 Å². The number of carbonyl (C=O) groups is 1. The fourth-order valence-electron chi connectivity index (χ4n) is 3.07. The van der Waals surface area contributed by atoms with E-state index in [-0.39, 0.29) is 23.6 Å². The van der Waals surface area contributed by atoms with Crippen LogP contribution in [0.25, 0.3) is 11.6 Å². The molecular weight excluding hydrogens is 400 g/mol. The van der Waals surface area contributed by atoms with Gasteiger partial charge in [-0.05, 0) is 35.7 Å². The van der Waals surface area contributed by atoms with Gasteiger partial charge in [-0.1, -0.05) is 43.8 Å². The summed E-state index contributed by atoms with van der Waals surface area (Å²) in [6.45, 7) is 8.48. The highest BCUT2D eigenvalue weighted by molar-refractivity contribution is 7.99. The number of allylic oxidation sites excluding steroid dienone is 1. The van der Waals surface area contributed by atoms with Crippen molar-refractivity contribution in [2.24, 2.45) is 5.92 Å². The molecule has 0 bridgehead atoms. The van der Waals surface area contributed by atoms with Crippen LogP contribution in [0.4, 0.5) is 0 Å². The lowest BCUT2D eigenvalue weighted by Gasteiger charge is -2.23. The number of carbonyl (C=O) groups excluding carboxylic acids is 1. The molecule has 2 aromatic heterocycles. The van der Waals surface area contributed by atoms with Crippen molar-refractivity contribution in [3.8, 4) is 17.3 Å². The quantitative estimate of drug-likeness (QED) is 0.384. The minimum absolute atomic E-state index is 0.0674. The highest BCUT2D eigenvalue weighted by Crippen LogP contribution is 2.26. The number of aromatic nitrogens is 3. The molecule has 0 spiro atoms. The fourth-order valence-corrected chi connectivity index (χ4v) is 3.83. The molecular formula is C22H26N4O3S. The summed E-state index contributed by atoms with van der Waals surface area (Å²) in [5, 5.41) is 12.2. The third-order valence-electron chi connectivity index (χ3n) is 4.56. The Balaban J connectivity index is 1.67. The van der Waals surface area contributed by atoms with Crippen LogP contribution in [0.3, 0.4) is 0 Å². The van der Waals surface area contributed by atoms with Gasteiger partial charge in [-0.25, -0.2) is 0 Å². The average molecular weight is 427 g/mol. The standard InChI is InChI=1S/C22H26N4O3S/c1-5-12-26-21(18-7-6-13-29-18)24-25-22(26)30-14-19(27)23-20(15(2)3)16-8-10-17(28-4)11-9-16/h5-11,13,15,20H,1,12,14H2,2-4H3,(H,23,27). The van der Waals surface area contributed by atoms with Gasteiger partial charge in [0.05, 0.1) is 25.2 Å². The van der Waals surface area contributed by atoms with Gasteiger partial charge in [0, 0.05) is 6.54 Å². The van der Waals surface area contributed by atoms with Crippen molar-refractivity contribution in [3.05, 3.63) is 60.9 Å². The van der Waals surface area contributed by atoms with Gasteiger partial charge in [-0.15, -0.1) is 16.8 Å². The molecule has 1 amide bonds. The van der Waals surface area contributed by atoms with Gasteiger partial charge in [0.15, 0.2) is 10.9 Å². The number of methoxy groups -OCH3 is 1. The Hall–Kier alpha value is -3.00. The van der Waals surface area contributed by atoms with Crippen LogP contribution in [0.5, 0.6) is 5.75 Å². The van der Waals surface area contributed by atoms with Crippen LogP contribution >= 0.6 is 11.8 Å². The predicted molar refractivity (Wildman–Crippen MR) is 117 cm³/mol. The van der Waals surface area contributed by atoms with E-state index in [9.17, 15) is 4.79 Å². The third-order valence-corrected chi connectivity index (χ3v) is 5.53. The molecule has 0 radical (unpaired) electrons. The normalized spacial score (nSPS) is 12.0. The first-order chi connectivity index (χ1) is 14.5. The lowest BCUT2D eigenvalue weighted by Crippen LogP contribution is -2.33. The van der Waals surface area contributed by atoms with Crippen molar-refractivity contribution in [2.45, 2.75) is 31.6 Å². The summed E-state index contributed by atoms with van der Waals surface area (Å²) in [5.74, 6) is 2.43. The van der Waals surface area contributed by atoms with Crippen LogP contribution in [0.2, 0.25) is 0 Å². The lowest BCUT2D eigenvalue weighted by molar-refractivity contribution is -0.119. The molecule has 1 aromatic carbocycles. The summed E-state index contributed by atoms with van der Waals surface area (Å²) in [4.78, 5) is 12.7. The van der Waals surface area contributed by atoms with Gasteiger partial charge in [-0.2, -0.15) is 0 Å². The van der Waals surface area contributed by atoms with Crippen LogP contribution in [-0.2, 0) is 11.3 Å². The van der Waals surface area contributed by atoms with Gasteiger partial charge in [0.1, 0.15) is 5.75 Å². The number of nitrogens with one attached hydrogen (secondary N) is 1. The summed E-state index contributed by atoms with van der Waals surface area (Å²) in [5.41, 5.74) is 1.04. The maximum atomic E-state index is 12.7. The first kappa shape index (κ1) is 21.7. The van der Waals surface area contributed by atoms with E-state index in [2.05, 4.69) is 35.9 Å². The van der Waals surface area contributed by atoms with Crippen molar-refractivity contribution in [3.63, 3.8) is 0 Å². The van der Waals surface area contributed by atoms with Crippen LogP contribution < -0.4 is 10.1 Å². The Morgan fingerprint density at radius 3 is 2.67 bits per heavy atom. The van der Waals surface area contributed by atoms with E-state index in [0.29, 0.717) is 23.3 Å². The summed E-state index contributed by atoms with van der Waals surface area (Å²) in [7, 11) is 1.64. The van der Waals surface area contributed by atoms with Crippen LogP contribution in [-0.4, -0.2) is 33.5 Å². The van der Waals surface area contributed by atoms with E-state index in [1.165, 1.54) is 11.8 Å². The molecule has 0 saturated heterocycles. The molecule has 0 aliphatic heterocycles. The first-order valence-electron chi connectivity index (χ1n) is 9.67. The molecule has 3 aromatic rings. The second kappa shape index (κ2) is 10.2. The maximum absolute atomic E-state index is 12.7. The molecule has 8 heteroatoms. The number of hydrogen-bond donors (Lipinski definition) is 1. The molecule has 158 valence electrons. The number of furan rings is 1. The zero-order valence-electron chi connectivity index (χ0n) is 17.4. The Morgan fingerprint density at radius 2 is 2.07 bits per heavy atom. The number of benzene rings is 1. The van der Waals surface area contributed by atoms with E-state index in [1.807, 2.05) is 34.9 Å². The van der Waals surface area contributed by atoms with E-state index in [4.69, 9.17) is 9.15 Å². The third kappa shape index (κ3) is 5.13. The number of rotatable bonds is 10. The minimum atomic E-state index is -0.0891. The zero-order chi connectivity index (χ0) is 21.5. The number of hydrogen-bond acceptors (Lipinski definition) is 6. The summed E-state index contributed by atoms with van der Waals surface area (Å²) < 4.78 is 12.5. The van der Waals surface area contributed by atoms with Crippen LogP contribution in [0, 0.1) is 5.92 Å². The molecule has 30 heavy (non-hydrogen) atoms. The Kier molecular flexibility index (Phi) is 7.35. The van der Waals surface area contributed by atoms with Crippen molar-refractivity contribution in [1.29, 1.82) is 0 Å². The van der Waals surface area contributed by atoms with Gasteiger partial charge in [-0.3, -0.25) is 9.36 Å². The predicted octanol–water partition coefficient (Wildman–Crippen LogP) is 4.34. The molecule has 1 N–H and O–H groups in total. The molecule has 0 aliphatic rings. The Morgan fingerprint density at radius 1 is 1.30 bits per heavy atom. The summed E-state index contributed by atoms with van der Waals surface area (Å²) in [6.07, 6.45) is 3.35. The van der Waals surface area contributed by atoms with Crippen molar-refractivity contribution >= 4 is 17.7 Å². The minimum Gasteiger partial charge on any atom is -0.497 e. The van der Waals surface area contributed by atoms with Gasteiger partial charge in [0.2, 0.25) is 11.7 Å². The van der Waals surface area contributed by atoms with Crippen molar-refractivity contribution < 1.29 is 13.9 Å². The second-order valence-corrected chi connectivity index (χ2v) is 7.98. The van der Waals surface area contributed by atoms with Gasteiger partial charge in [0.25, 0.3) is 0 Å². The number of ether oxygens (including phenoxy) is 1. The van der Waals surface area contributed by atoms with Crippen LogP contribution in [0.15, 0.2) is 64.9 Å². The second-order valence-electron chi connectivity index (χ2n) is 7.03. The van der Waals surface area contributed by atoms with Crippen molar-refractivity contribution in [2.75, 3.05) is 12.9 Å². The fraction of sp³-hybridized carbons (Fsp3) is 0.318. The average Bonchev–Trinajstić information content (AvgIpc) is 3.41. The topological polar surface area (TPSA) is 82.2 Å². The first-order valence-corrected chi connectivity index (χ1v) is 10.7. The number of amides is 1. The van der Waals surface area contributed by atoms with E-state index in [1.54, 1.807) is 25.5 Å². The van der Waals surface area contributed by atoms with E-state index in [0.717, 1.165) is 11.3 Å². The molecule has 0 saturated carbocycles. The molecule has 0 aliphatic carbocycles. The monoisotopic (exact) mass is 426 g/mol. The van der Waals surface area contributed by atoms with E-state index < -0.39 is 0 Å². The number of nitrogens with zero attached hydrogens (tertiary/aromatic N) is 3.